The highest BCUT2D eigenvalue weighted by Crippen LogP contribution is 2.39. The fraction of sp³-hybridized carbons (Fsp3) is 0.333. The van der Waals surface area contributed by atoms with Crippen molar-refractivity contribution in [3.63, 3.8) is 0 Å². The van der Waals surface area contributed by atoms with Crippen LogP contribution >= 0.6 is 0 Å². The van der Waals surface area contributed by atoms with Crippen molar-refractivity contribution in [2.75, 3.05) is 10.6 Å². The first-order valence-electron chi connectivity index (χ1n) is 9.38. The molecule has 2 nitrogen and oxygen atoms in total. The summed E-state index contributed by atoms with van der Waals surface area (Å²) >= 11 is 0. The lowest BCUT2D eigenvalue weighted by Gasteiger charge is -2.32. The van der Waals surface area contributed by atoms with Gasteiger partial charge in [-0.3, -0.25) is 0 Å². The van der Waals surface area contributed by atoms with E-state index in [-0.39, 0.29) is 11.1 Å². The number of hydrogen-bond donors (Lipinski definition) is 2. The van der Waals surface area contributed by atoms with Crippen LogP contribution in [0.1, 0.15) is 52.7 Å². The Hall–Kier alpha value is -2.48. The topological polar surface area (TPSA) is 24.1 Å². The van der Waals surface area contributed by atoms with Crippen molar-refractivity contribution in [1.82, 2.24) is 0 Å². The highest BCUT2D eigenvalue weighted by molar-refractivity contribution is 5.87. The number of nitrogens with one attached hydrogen (secondary N) is 2. The average Bonchev–Trinajstić information content (AvgIpc) is 2.52. The fourth-order valence-electron chi connectivity index (χ4n) is 4.32. The second-order valence-corrected chi connectivity index (χ2v) is 8.87. The minimum atomic E-state index is 0.00476. The van der Waals surface area contributed by atoms with E-state index >= 15 is 0 Å². The van der Waals surface area contributed by atoms with Gasteiger partial charge >= 0.3 is 0 Å². The molecule has 0 saturated heterocycles. The van der Waals surface area contributed by atoms with Gasteiger partial charge in [0.05, 0.1) is 11.1 Å². The summed E-state index contributed by atoms with van der Waals surface area (Å²) in [6.07, 6.45) is 4.62. The lowest BCUT2D eigenvalue weighted by atomic mass is 9.87. The summed E-state index contributed by atoms with van der Waals surface area (Å²) in [5, 5.41) is 7.23. The Labute approximate surface area is 157 Å². The highest BCUT2D eigenvalue weighted by Gasteiger charge is 2.24. The van der Waals surface area contributed by atoms with E-state index in [9.17, 15) is 0 Å². The highest BCUT2D eigenvalue weighted by atomic mass is 15.0. The Balaban J connectivity index is 1.77. The van der Waals surface area contributed by atoms with Crippen LogP contribution in [-0.2, 0) is 0 Å². The number of allylic oxidation sites excluding steroid dienone is 2. The van der Waals surface area contributed by atoms with Crippen LogP contribution in [-0.4, -0.2) is 11.1 Å². The molecule has 0 spiro atoms. The number of benzene rings is 2. The summed E-state index contributed by atoms with van der Waals surface area (Å²) in [5.74, 6) is 0. The van der Waals surface area contributed by atoms with E-state index in [1.165, 1.54) is 44.8 Å². The molecule has 2 heteroatoms. The van der Waals surface area contributed by atoms with Gasteiger partial charge in [0.1, 0.15) is 0 Å². The molecule has 0 unspecified atom stereocenters. The number of fused-ring (bicyclic) bond motifs is 2. The Morgan fingerprint density at radius 2 is 1.00 bits per heavy atom. The molecule has 134 valence electrons. The van der Waals surface area contributed by atoms with E-state index in [4.69, 9.17) is 0 Å². The van der Waals surface area contributed by atoms with Crippen LogP contribution in [0.4, 0.5) is 11.4 Å². The molecule has 0 aliphatic carbocycles. The smallest absolute Gasteiger partial charge is 0.0505 e. The number of hydrogen-bond acceptors (Lipinski definition) is 2. The summed E-state index contributed by atoms with van der Waals surface area (Å²) in [4.78, 5) is 0. The van der Waals surface area contributed by atoms with Gasteiger partial charge in [0.15, 0.2) is 0 Å². The minimum Gasteiger partial charge on any atom is -0.376 e. The van der Waals surface area contributed by atoms with Crippen LogP contribution in [0.25, 0.3) is 22.3 Å². The van der Waals surface area contributed by atoms with Gasteiger partial charge in [-0.1, -0.05) is 24.3 Å². The first-order valence-corrected chi connectivity index (χ1v) is 9.38. The lowest BCUT2D eigenvalue weighted by molar-refractivity contribution is 0.707. The lowest BCUT2D eigenvalue weighted by Crippen LogP contribution is -2.31. The van der Waals surface area contributed by atoms with Crippen molar-refractivity contribution in [1.29, 1.82) is 0 Å². The maximum Gasteiger partial charge on any atom is 0.0505 e. The minimum absolute atomic E-state index is 0.00476. The number of anilines is 2. The monoisotopic (exact) mass is 344 g/mol. The molecule has 26 heavy (non-hydrogen) atoms. The zero-order chi connectivity index (χ0) is 18.7. The molecule has 2 aliphatic rings. The zero-order valence-corrected chi connectivity index (χ0v) is 16.6. The van der Waals surface area contributed by atoms with Gasteiger partial charge in [-0.15, -0.1) is 0 Å². The van der Waals surface area contributed by atoms with Gasteiger partial charge < -0.3 is 10.6 Å². The molecule has 2 heterocycles. The molecule has 0 saturated carbocycles. The van der Waals surface area contributed by atoms with E-state index in [2.05, 4.69) is 101 Å². The molecule has 0 fully saturated rings. The van der Waals surface area contributed by atoms with Crippen molar-refractivity contribution in [3.8, 4) is 11.1 Å². The van der Waals surface area contributed by atoms with Crippen molar-refractivity contribution >= 4 is 22.5 Å². The third kappa shape index (κ3) is 2.94. The van der Waals surface area contributed by atoms with Gasteiger partial charge in [0, 0.05) is 22.5 Å². The van der Waals surface area contributed by atoms with Gasteiger partial charge in [0.25, 0.3) is 0 Å². The zero-order valence-electron chi connectivity index (χ0n) is 16.6. The van der Waals surface area contributed by atoms with Crippen LogP contribution in [0.3, 0.4) is 0 Å². The van der Waals surface area contributed by atoms with E-state index in [1.807, 2.05) is 0 Å². The van der Waals surface area contributed by atoms with E-state index < -0.39 is 0 Å². The van der Waals surface area contributed by atoms with Crippen molar-refractivity contribution < 1.29 is 0 Å². The van der Waals surface area contributed by atoms with Crippen LogP contribution in [0.5, 0.6) is 0 Å². The summed E-state index contributed by atoms with van der Waals surface area (Å²) in [6, 6.07) is 13.5. The first-order chi connectivity index (χ1) is 12.1. The third-order valence-electron chi connectivity index (χ3n) is 5.29. The van der Waals surface area contributed by atoms with Crippen LogP contribution in [0.15, 0.2) is 48.6 Å². The van der Waals surface area contributed by atoms with Gasteiger partial charge in [0.2, 0.25) is 0 Å². The Kier molecular flexibility index (Phi) is 3.59. The largest absolute Gasteiger partial charge is 0.376 e. The summed E-state index contributed by atoms with van der Waals surface area (Å²) in [5.41, 5.74) is 10.2. The summed E-state index contributed by atoms with van der Waals surface area (Å²) in [7, 11) is 0. The number of rotatable bonds is 1. The van der Waals surface area contributed by atoms with Crippen LogP contribution in [0, 0.1) is 0 Å². The normalized spacial score (nSPS) is 19.3. The van der Waals surface area contributed by atoms with Gasteiger partial charge in [-0.25, -0.2) is 0 Å². The molecular weight excluding hydrogens is 316 g/mol. The van der Waals surface area contributed by atoms with Gasteiger partial charge in [-0.05, 0) is 88.1 Å². The fourth-order valence-corrected chi connectivity index (χ4v) is 4.32. The second-order valence-electron chi connectivity index (χ2n) is 8.87. The molecule has 0 radical (unpaired) electrons. The molecule has 2 aromatic carbocycles. The molecule has 2 N–H and O–H groups in total. The molecule has 0 amide bonds. The predicted molar refractivity (Wildman–Crippen MR) is 115 cm³/mol. The molecule has 0 aromatic heterocycles. The molecule has 0 atom stereocenters. The van der Waals surface area contributed by atoms with Crippen molar-refractivity contribution in [3.05, 3.63) is 59.7 Å². The average molecular weight is 345 g/mol. The Morgan fingerprint density at radius 1 is 0.615 bits per heavy atom. The maximum atomic E-state index is 3.62. The third-order valence-corrected chi connectivity index (χ3v) is 5.29. The quantitative estimate of drug-likeness (QED) is 0.611. The standard InChI is InChI=1S/C24H28N2/c1-15-13-23(3,4)25-21-9-7-17(11-19(15)21)18-8-10-22-20(12-18)16(2)14-24(5,6)26-22/h7-14,25-26H,1-6H3. The summed E-state index contributed by atoms with van der Waals surface area (Å²) in [6.45, 7) is 13.2. The summed E-state index contributed by atoms with van der Waals surface area (Å²) < 4.78 is 0. The molecule has 2 aliphatic heterocycles. The van der Waals surface area contributed by atoms with E-state index in [0.717, 1.165) is 0 Å². The Bertz CT molecular complexity index is 879. The maximum absolute atomic E-state index is 3.62. The molecule has 2 aromatic rings. The SMILES string of the molecule is CC1=CC(C)(C)Nc2ccc(-c3ccc4c(c3)C(C)=CC(C)(C)N4)cc21. The van der Waals surface area contributed by atoms with E-state index in [0.29, 0.717) is 0 Å². The first kappa shape index (κ1) is 17.0. The molecule has 0 bridgehead atoms. The Morgan fingerprint density at radius 3 is 1.38 bits per heavy atom. The van der Waals surface area contributed by atoms with Gasteiger partial charge in [-0.2, -0.15) is 0 Å². The van der Waals surface area contributed by atoms with Crippen molar-refractivity contribution in [2.45, 2.75) is 52.6 Å². The molecule has 4 rings (SSSR count). The van der Waals surface area contributed by atoms with Crippen molar-refractivity contribution in [2.24, 2.45) is 0 Å². The van der Waals surface area contributed by atoms with Crippen LogP contribution < -0.4 is 10.6 Å². The van der Waals surface area contributed by atoms with E-state index in [1.54, 1.807) is 0 Å². The molecular formula is C24H28N2. The second kappa shape index (κ2) is 5.51. The van der Waals surface area contributed by atoms with Crippen LogP contribution in [0.2, 0.25) is 0 Å². The predicted octanol–water partition coefficient (Wildman–Crippen LogP) is 6.57.